The third-order valence-corrected chi connectivity index (χ3v) is 6.21. The van der Waals surface area contributed by atoms with E-state index in [0.717, 1.165) is 34.7 Å². The zero-order valence-corrected chi connectivity index (χ0v) is 19.5. The second-order valence-electron chi connectivity index (χ2n) is 8.95. The van der Waals surface area contributed by atoms with Crippen LogP contribution in [0, 0.1) is 12.7 Å². The van der Waals surface area contributed by atoms with Gasteiger partial charge in [0.05, 0.1) is 9.88 Å². The Kier molecular flexibility index (Phi) is 6.99. The molecule has 1 fully saturated rings. The van der Waals surface area contributed by atoms with Crippen LogP contribution in [-0.2, 0) is 4.74 Å². The summed E-state index contributed by atoms with van der Waals surface area (Å²) in [6.45, 7) is 9.63. The molecular weight excluding hydrogens is 417 g/mol. The third-order valence-electron chi connectivity index (χ3n) is 5.19. The van der Waals surface area contributed by atoms with Crippen LogP contribution in [-0.4, -0.2) is 46.1 Å². The number of likely N-dealkylation sites (tertiary alicyclic amines) is 1. The zero-order valence-electron chi connectivity index (χ0n) is 18.7. The summed E-state index contributed by atoms with van der Waals surface area (Å²) in [4.78, 5) is 32.8. The number of rotatable bonds is 4. The number of carbonyl (C=O) groups is 2. The quantitative estimate of drug-likeness (QED) is 0.702. The number of aromatic nitrogens is 1. The van der Waals surface area contributed by atoms with Gasteiger partial charge in [-0.15, -0.1) is 11.3 Å². The number of benzene rings is 1. The molecule has 31 heavy (non-hydrogen) atoms. The van der Waals surface area contributed by atoms with Crippen LogP contribution in [0.15, 0.2) is 24.3 Å². The fourth-order valence-electron chi connectivity index (χ4n) is 3.86. The van der Waals surface area contributed by atoms with E-state index in [1.807, 2.05) is 39.5 Å². The highest BCUT2D eigenvalue weighted by atomic mass is 32.1. The van der Waals surface area contributed by atoms with Crippen molar-refractivity contribution >= 4 is 23.3 Å². The van der Waals surface area contributed by atoms with Crippen molar-refractivity contribution in [2.75, 3.05) is 6.54 Å². The molecule has 1 aromatic carbocycles. The monoisotopic (exact) mass is 447 g/mol. The van der Waals surface area contributed by atoms with Crippen LogP contribution in [0.5, 0.6) is 0 Å². The van der Waals surface area contributed by atoms with Gasteiger partial charge in [-0.05, 0) is 71.6 Å². The van der Waals surface area contributed by atoms with Crippen molar-refractivity contribution in [2.45, 2.75) is 71.6 Å². The van der Waals surface area contributed by atoms with Crippen molar-refractivity contribution in [1.29, 1.82) is 0 Å². The van der Waals surface area contributed by atoms with E-state index in [0.29, 0.717) is 12.2 Å². The first-order chi connectivity index (χ1) is 14.5. The van der Waals surface area contributed by atoms with Gasteiger partial charge >= 0.3 is 6.09 Å². The summed E-state index contributed by atoms with van der Waals surface area (Å²) in [5, 5.41) is 3.58. The van der Waals surface area contributed by atoms with E-state index in [-0.39, 0.29) is 23.8 Å². The number of ether oxygens (including phenoxy) is 1. The lowest BCUT2D eigenvalue weighted by molar-refractivity contribution is 0.0391. The van der Waals surface area contributed by atoms with Crippen molar-refractivity contribution in [1.82, 2.24) is 15.2 Å². The van der Waals surface area contributed by atoms with Gasteiger partial charge in [-0.2, -0.15) is 0 Å². The van der Waals surface area contributed by atoms with Gasteiger partial charge in [0.1, 0.15) is 17.1 Å². The summed E-state index contributed by atoms with van der Waals surface area (Å²) in [6.07, 6.45) is 2.17. The van der Waals surface area contributed by atoms with Gasteiger partial charge in [-0.1, -0.05) is 12.1 Å². The van der Waals surface area contributed by atoms with Crippen molar-refractivity contribution < 1.29 is 18.7 Å². The number of aryl methyl sites for hydroxylation is 1. The first kappa shape index (κ1) is 23.2. The molecule has 2 amide bonds. The van der Waals surface area contributed by atoms with Crippen molar-refractivity contribution in [3.63, 3.8) is 0 Å². The van der Waals surface area contributed by atoms with Crippen LogP contribution in [0.4, 0.5) is 9.18 Å². The molecule has 0 aliphatic carbocycles. The number of thiazole rings is 1. The lowest BCUT2D eigenvalue weighted by Crippen LogP contribution is -2.53. The fraction of sp³-hybridized carbons (Fsp3) is 0.522. The molecule has 3 rings (SSSR count). The van der Waals surface area contributed by atoms with Crippen molar-refractivity contribution in [3.8, 4) is 10.4 Å². The number of piperidine rings is 1. The molecule has 8 heteroatoms. The zero-order chi connectivity index (χ0) is 22.8. The number of halogens is 1. The van der Waals surface area contributed by atoms with Crippen molar-refractivity contribution in [3.05, 3.63) is 40.8 Å². The molecule has 0 spiro atoms. The number of hydrogen-bond acceptors (Lipinski definition) is 5. The SMILES string of the molecule is Cc1nc(C(=O)N2C(C)CCCC2CNC(=O)OC(C)(C)C)c(-c2ccc(F)cc2)s1. The summed E-state index contributed by atoms with van der Waals surface area (Å²) in [5.41, 5.74) is 0.565. The maximum Gasteiger partial charge on any atom is 0.407 e. The number of nitrogens with one attached hydrogen (secondary N) is 1. The van der Waals surface area contributed by atoms with E-state index in [1.54, 1.807) is 12.1 Å². The van der Waals surface area contributed by atoms with Crippen LogP contribution in [0.2, 0.25) is 0 Å². The molecule has 2 aromatic rings. The Labute approximate surface area is 186 Å². The molecule has 1 saturated heterocycles. The Bertz CT molecular complexity index is 937. The molecule has 1 N–H and O–H groups in total. The highest BCUT2D eigenvalue weighted by Crippen LogP contribution is 2.33. The highest BCUT2D eigenvalue weighted by Gasteiger charge is 2.35. The molecule has 1 aliphatic rings. The molecule has 6 nitrogen and oxygen atoms in total. The standard InChI is InChI=1S/C23H30FN3O3S/c1-14-7-6-8-18(13-25-22(29)30-23(3,4)5)27(14)21(28)19-20(31-15(2)26-19)16-9-11-17(24)12-10-16/h9-12,14,18H,6-8,13H2,1-5H3,(H,25,29). The molecule has 1 aliphatic heterocycles. The topological polar surface area (TPSA) is 71.5 Å². The second-order valence-corrected chi connectivity index (χ2v) is 10.1. The molecule has 0 radical (unpaired) electrons. The molecule has 168 valence electrons. The van der Waals surface area contributed by atoms with E-state index in [2.05, 4.69) is 10.3 Å². The van der Waals surface area contributed by atoms with Crippen LogP contribution >= 0.6 is 11.3 Å². The maximum absolute atomic E-state index is 13.6. The minimum Gasteiger partial charge on any atom is -0.444 e. The van der Waals surface area contributed by atoms with E-state index < -0.39 is 11.7 Å². The maximum atomic E-state index is 13.6. The number of alkyl carbamates (subject to hydrolysis) is 1. The normalized spacial score (nSPS) is 19.2. The van der Waals surface area contributed by atoms with E-state index in [4.69, 9.17) is 4.74 Å². The molecule has 2 unspecified atom stereocenters. The summed E-state index contributed by atoms with van der Waals surface area (Å²) in [5.74, 6) is -0.484. The van der Waals surface area contributed by atoms with Crippen LogP contribution in [0.3, 0.4) is 0 Å². The fourth-order valence-corrected chi connectivity index (χ4v) is 4.78. The molecule has 2 atom stereocenters. The number of hydrogen-bond donors (Lipinski definition) is 1. The molecule has 0 bridgehead atoms. The summed E-state index contributed by atoms with van der Waals surface area (Å²) in [7, 11) is 0. The molecular formula is C23H30FN3O3S. The van der Waals surface area contributed by atoms with Gasteiger partial charge in [-0.25, -0.2) is 14.2 Å². The summed E-state index contributed by atoms with van der Waals surface area (Å²) >= 11 is 1.42. The third kappa shape index (κ3) is 5.81. The number of carbonyl (C=O) groups excluding carboxylic acids is 2. The number of amides is 2. The lowest BCUT2D eigenvalue weighted by Gasteiger charge is -2.40. The number of nitrogens with zero attached hydrogens (tertiary/aromatic N) is 2. The van der Waals surface area contributed by atoms with Crippen LogP contribution < -0.4 is 5.32 Å². The minimum absolute atomic E-state index is 0.0229. The van der Waals surface area contributed by atoms with E-state index in [1.165, 1.54) is 23.5 Å². The summed E-state index contributed by atoms with van der Waals surface area (Å²) < 4.78 is 18.7. The van der Waals surface area contributed by atoms with Crippen LogP contribution in [0.1, 0.15) is 62.5 Å². The van der Waals surface area contributed by atoms with Crippen molar-refractivity contribution in [2.24, 2.45) is 0 Å². The smallest absolute Gasteiger partial charge is 0.407 e. The van der Waals surface area contributed by atoms with Gasteiger partial charge in [-0.3, -0.25) is 4.79 Å². The Morgan fingerprint density at radius 2 is 1.94 bits per heavy atom. The minimum atomic E-state index is -0.582. The Balaban J connectivity index is 1.83. The van der Waals surface area contributed by atoms with Gasteiger partial charge in [0.15, 0.2) is 0 Å². The van der Waals surface area contributed by atoms with Gasteiger partial charge < -0.3 is 15.0 Å². The van der Waals surface area contributed by atoms with Gasteiger partial charge in [0.25, 0.3) is 5.91 Å². The first-order valence-corrected chi connectivity index (χ1v) is 11.4. The Morgan fingerprint density at radius 1 is 1.26 bits per heavy atom. The average Bonchev–Trinajstić information content (AvgIpc) is 3.07. The van der Waals surface area contributed by atoms with Crippen LogP contribution in [0.25, 0.3) is 10.4 Å². The predicted molar refractivity (Wildman–Crippen MR) is 120 cm³/mol. The highest BCUT2D eigenvalue weighted by molar-refractivity contribution is 7.15. The first-order valence-electron chi connectivity index (χ1n) is 10.6. The average molecular weight is 448 g/mol. The predicted octanol–water partition coefficient (Wildman–Crippen LogP) is 5.17. The molecule has 0 saturated carbocycles. The Morgan fingerprint density at radius 3 is 2.58 bits per heavy atom. The second kappa shape index (κ2) is 9.34. The molecule has 1 aromatic heterocycles. The summed E-state index contributed by atoms with van der Waals surface area (Å²) in [6, 6.07) is 5.98. The van der Waals surface area contributed by atoms with E-state index in [9.17, 15) is 14.0 Å². The van der Waals surface area contributed by atoms with Gasteiger partial charge in [0.2, 0.25) is 0 Å². The Hall–Kier alpha value is -2.48. The largest absolute Gasteiger partial charge is 0.444 e. The lowest BCUT2D eigenvalue weighted by atomic mass is 9.95. The van der Waals surface area contributed by atoms with E-state index >= 15 is 0 Å². The van der Waals surface area contributed by atoms with Gasteiger partial charge in [0, 0.05) is 18.6 Å². The molecule has 2 heterocycles.